The Morgan fingerprint density at radius 2 is 1.68 bits per heavy atom. The molecule has 1 N–H and O–H groups in total. The lowest BCUT2D eigenvalue weighted by Crippen LogP contribution is -2.45. The Balaban J connectivity index is 1.09. The molecule has 2 aromatic heterocycles. The van der Waals surface area contributed by atoms with Crippen LogP contribution in [-0.4, -0.2) is 52.9 Å². The SMILES string of the molecule is O=c1oc2c(CN3CCN(Cc4ccc5c(c4)OCO5)CC3)c(O)ccc2cc1-c1nc2ccccc2s1. The smallest absolute Gasteiger partial charge is 0.346 e. The van der Waals surface area contributed by atoms with Gasteiger partial charge >= 0.3 is 5.63 Å². The maximum atomic E-state index is 13.0. The molecule has 0 unspecified atom stereocenters. The fourth-order valence-corrected chi connectivity index (χ4v) is 6.12. The summed E-state index contributed by atoms with van der Waals surface area (Å²) in [5, 5.41) is 12.1. The standard InChI is InChI=1S/C29H25N3O5S/c33-23-7-6-19-14-20(28-30-22-3-1-2-4-26(22)38-28)29(34)37-27(19)21(23)16-32-11-9-31(10-12-32)15-18-5-8-24-25(13-18)36-17-35-24/h1-8,13-14,33H,9-12,15-17H2. The summed E-state index contributed by atoms with van der Waals surface area (Å²) >= 11 is 1.47. The number of benzene rings is 3. The van der Waals surface area contributed by atoms with Gasteiger partial charge in [-0.15, -0.1) is 11.3 Å². The van der Waals surface area contributed by atoms with Crippen LogP contribution >= 0.6 is 11.3 Å². The van der Waals surface area contributed by atoms with E-state index >= 15 is 0 Å². The second kappa shape index (κ2) is 9.43. The van der Waals surface area contributed by atoms with Crippen LogP contribution in [0.3, 0.4) is 0 Å². The van der Waals surface area contributed by atoms with Crippen molar-refractivity contribution in [3.05, 3.63) is 82.2 Å². The van der Waals surface area contributed by atoms with Gasteiger partial charge < -0.3 is 19.0 Å². The van der Waals surface area contributed by atoms with Crippen LogP contribution in [0.1, 0.15) is 11.1 Å². The maximum Gasteiger partial charge on any atom is 0.346 e. The molecule has 0 spiro atoms. The second-order valence-corrected chi connectivity index (χ2v) is 10.7. The summed E-state index contributed by atoms with van der Waals surface area (Å²) in [7, 11) is 0. The maximum absolute atomic E-state index is 13.0. The van der Waals surface area contributed by atoms with Gasteiger partial charge in [0, 0.05) is 44.7 Å². The number of piperazine rings is 1. The molecule has 3 aromatic carbocycles. The number of para-hydroxylation sites is 1. The van der Waals surface area contributed by atoms with E-state index in [4.69, 9.17) is 13.9 Å². The van der Waals surface area contributed by atoms with Gasteiger partial charge in [-0.25, -0.2) is 9.78 Å². The lowest BCUT2D eigenvalue weighted by atomic mass is 10.1. The molecular formula is C29H25N3O5S. The number of hydrogen-bond donors (Lipinski definition) is 1. The van der Waals surface area contributed by atoms with Gasteiger partial charge in [0.05, 0.1) is 21.3 Å². The van der Waals surface area contributed by atoms with E-state index in [1.165, 1.54) is 16.9 Å². The van der Waals surface area contributed by atoms with Crippen molar-refractivity contribution in [2.45, 2.75) is 13.1 Å². The van der Waals surface area contributed by atoms with Crippen LogP contribution in [0.2, 0.25) is 0 Å². The van der Waals surface area contributed by atoms with E-state index in [1.807, 2.05) is 42.5 Å². The Bertz CT molecular complexity index is 1690. The Morgan fingerprint density at radius 3 is 2.53 bits per heavy atom. The van der Waals surface area contributed by atoms with Gasteiger partial charge in [-0.3, -0.25) is 9.80 Å². The summed E-state index contributed by atoms with van der Waals surface area (Å²) in [6.07, 6.45) is 0. The first kappa shape index (κ1) is 23.2. The molecule has 2 aliphatic rings. The number of aromatic hydroxyl groups is 1. The zero-order chi connectivity index (χ0) is 25.6. The number of ether oxygens (including phenoxy) is 2. The number of phenols is 1. The molecular weight excluding hydrogens is 502 g/mol. The average Bonchev–Trinajstić information content (AvgIpc) is 3.58. The van der Waals surface area contributed by atoms with Crippen LogP contribution in [0.4, 0.5) is 0 Å². The second-order valence-electron chi connectivity index (χ2n) is 9.66. The topological polar surface area (TPSA) is 88.3 Å². The fourth-order valence-electron chi connectivity index (χ4n) is 5.15. The van der Waals surface area contributed by atoms with E-state index in [-0.39, 0.29) is 12.5 Å². The van der Waals surface area contributed by atoms with Crippen LogP contribution in [0.15, 0.2) is 69.9 Å². The average molecular weight is 528 g/mol. The first-order valence-electron chi connectivity index (χ1n) is 12.6. The predicted octanol–water partition coefficient (Wildman–Crippen LogP) is 4.82. The third kappa shape index (κ3) is 4.28. The molecule has 0 radical (unpaired) electrons. The van der Waals surface area contributed by atoms with E-state index in [2.05, 4.69) is 20.9 Å². The molecule has 0 atom stereocenters. The summed E-state index contributed by atoms with van der Waals surface area (Å²) in [5.74, 6) is 1.74. The zero-order valence-corrected chi connectivity index (χ0v) is 21.4. The number of fused-ring (bicyclic) bond motifs is 3. The fraction of sp³-hybridized carbons (Fsp3) is 0.241. The Kier molecular flexibility index (Phi) is 5.76. The van der Waals surface area contributed by atoms with Crippen LogP contribution in [0.5, 0.6) is 17.2 Å². The van der Waals surface area contributed by atoms with Crippen molar-refractivity contribution in [2.24, 2.45) is 0 Å². The minimum Gasteiger partial charge on any atom is -0.507 e. The number of nitrogens with zero attached hydrogens (tertiary/aromatic N) is 3. The highest BCUT2D eigenvalue weighted by Gasteiger charge is 2.22. The summed E-state index contributed by atoms with van der Waals surface area (Å²) in [6.45, 7) is 5.10. The van der Waals surface area contributed by atoms with Crippen molar-refractivity contribution in [1.82, 2.24) is 14.8 Å². The van der Waals surface area contributed by atoms with E-state index in [0.29, 0.717) is 28.3 Å². The molecule has 38 heavy (non-hydrogen) atoms. The predicted molar refractivity (Wildman–Crippen MR) is 146 cm³/mol. The molecule has 2 aliphatic heterocycles. The first-order chi connectivity index (χ1) is 18.6. The van der Waals surface area contributed by atoms with Crippen LogP contribution in [0.25, 0.3) is 31.8 Å². The van der Waals surface area contributed by atoms with Gasteiger partial charge in [0.1, 0.15) is 16.3 Å². The largest absolute Gasteiger partial charge is 0.507 e. The number of aromatic nitrogens is 1. The van der Waals surface area contributed by atoms with E-state index in [9.17, 15) is 9.90 Å². The molecule has 8 nitrogen and oxygen atoms in total. The summed E-state index contributed by atoms with van der Waals surface area (Å²) < 4.78 is 17.8. The van der Waals surface area contributed by atoms with Crippen molar-refractivity contribution in [3.63, 3.8) is 0 Å². The molecule has 1 fully saturated rings. The molecule has 5 aromatic rings. The van der Waals surface area contributed by atoms with Crippen molar-refractivity contribution >= 4 is 32.5 Å². The van der Waals surface area contributed by atoms with Crippen molar-refractivity contribution in [1.29, 1.82) is 0 Å². The highest BCUT2D eigenvalue weighted by Crippen LogP contribution is 2.34. The number of thiazole rings is 1. The van der Waals surface area contributed by atoms with Gasteiger partial charge in [0.2, 0.25) is 6.79 Å². The molecule has 0 amide bonds. The van der Waals surface area contributed by atoms with Crippen LogP contribution < -0.4 is 15.1 Å². The molecule has 0 aliphatic carbocycles. The lowest BCUT2D eigenvalue weighted by Gasteiger charge is -2.34. The van der Waals surface area contributed by atoms with E-state index in [1.54, 1.807) is 12.1 Å². The Morgan fingerprint density at radius 1 is 0.895 bits per heavy atom. The summed E-state index contributed by atoms with van der Waals surface area (Å²) in [4.78, 5) is 22.3. The highest BCUT2D eigenvalue weighted by atomic mass is 32.1. The van der Waals surface area contributed by atoms with Crippen molar-refractivity contribution in [3.8, 4) is 27.8 Å². The molecule has 4 heterocycles. The van der Waals surface area contributed by atoms with E-state index < -0.39 is 5.63 Å². The van der Waals surface area contributed by atoms with E-state index in [0.717, 1.165) is 59.8 Å². The third-order valence-corrected chi connectivity index (χ3v) is 8.26. The van der Waals surface area contributed by atoms with Gasteiger partial charge in [0.15, 0.2) is 11.5 Å². The van der Waals surface area contributed by atoms with Gasteiger partial charge in [-0.2, -0.15) is 0 Å². The molecule has 0 bridgehead atoms. The highest BCUT2D eigenvalue weighted by molar-refractivity contribution is 7.21. The monoisotopic (exact) mass is 527 g/mol. The zero-order valence-electron chi connectivity index (χ0n) is 20.6. The Labute approximate surface area is 222 Å². The molecule has 192 valence electrons. The number of phenolic OH excluding ortho intramolecular Hbond substituents is 1. The van der Waals surface area contributed by atoms with Gasteiger partial charge in [0.25, 0.3) is 0 Å². The quantitative estimate of drug-likeness (QED) is 0.326. The molecule has 7 rings (SSSR count). The first-order valence-corrected chi connectivity index (χ1v) is 13.4. The van der Waals surface area contributed by atoms with Crippen LogP contribution in [-0.2, 0) is 13.1 Å². The lowest BCUT2D eigenvalue weighted by molar-refractivity contribution is 0.121. The molecule has 9 heteroatoms. The third-order valence-electron chi connectivity index (χ3n) is 7.19. The molecule has 0 saturated carbocycles. The summed E-state index contributed by atoms with van der Waals surface area (Å²) in [6, 6.07) is 19.2. The van der Waals surface area contributed by atoms with Crippen molar-refractivity contribution < 1.29 is 19.0 Å². The number of hydrogen-bond acceptors (Lipinski definition) is 9. The Hall–Kier alpha value is -3.92. The molecule has 1 saturated heterocycles. The van der Waals surface area contributed by atoms with Crippen LogP contribution in [0, 0.1) is 0 Å². The minimum atomic E-state index is -0.447. The van der Waals surface area contributed by atoms with Crippen molar-refractivity contribution in [2.75, 3.05) is 33.0 Å². The summed E-state index contributed by atoms with van der Waals surface area (Å²) in [5.41, 5.74) is 3.11. The normalized spacial score (nSPS) is 16.0. The number of rotatable bonds is 5. The van der Waals surface area contributed by atoms with Gasteiger partial charge in [-0.05, 0) is 48.0 Å². The minimum absolute atomic E-state index is 0.135. The van der Waals surface area contributed by atoms with Gasteiger partial charge in [-0.1, -0.05) is 18.2 Å².